The van der Waals surface area contributed by atoms with E-state index in [-0.39, 0.29) is 0 Å². The molecule has 0 saturated heterocycles. The Morgan fingerprint density at radius 3 is 3.17 bits per heavy atom. The lowest BCUT2D eigenvalue weighted by atomic mass is 9.62. The molecule has 1 fully saturated rings. The molecule has 0 N–H and O–H groups in total. The van der Waals surface area contributed by atoms with Crippen molar-refractivity contribution in [2.24, 2.45) is 11.3 Å². The summed E-state index contributed by atoms with van der Waals surface area (Å²) in [7, 11) is 0. The van der Waals surface area contributed by atoms with Crippen molar-refractivity contribution in [3.05, 3.63) is 12.2 Å². The van der Waals surface area contributed by atoms with Crippen LogP contribution in [-0.2, 0) is 4.79 Å². The lowest BCUT2D eigenvalue weighted by Crippen LogP contribution is -2.35. The Bertz CT molecular complexity index is 229. The fraction of sp³-hybridized carbons (Fsp3) is 0.727. The normalized spacial score (nSPS) is 41.1. The summed E-state index contributed by atoms with van der Waals surface area (Å²) in [4.78, 5) is 11.2. The van der Waals surface area contributed by atoms with Gasteiger partial charge in [0.1, 0.15) is 5.78 Å². The number of hydrogen-bond donors (Lipinski definition) is 0. The van der Waals surface area contributed by atoms with E-state index in [2.05, 4.69) is 19.1 Å². The van der Waals surface area contributed by atoms with Gasteiger partial charge >= 0.3 is 0 Å². The van der Waals surface area contributed by atoms with Crippen LogP contribution in [0, 0.1) is 11.3 Å². The van der Waals surface area contributed by atoms with Gasteiger partial charge in [0.15, 0.2) is 0 Å². The summed E-state index contributed by atoms with van der Waals surface area (Å²) in [5, 5.41) is 0. The molecule has 0 aliphatic heterocycles. The van der Waals surface area contributed by atoms with Crippen LogP contribution in [0.4, 0.5) is 0 Å². The minimum atomic E-state index is 0.447. The first-order chi connectivity index (χ1) is 5.71. The molecule has 12 heavy (non-hydrogen) atoms. The number of ketones is 1. The number of Topliss-reactive ketones (excluding diaryl/α,β-unsaturated/α-hetero) is 1. The minimum Gasteiger partial charge on any atom is -0.300 e. The van der Waals surface area contributed by atoms with Gasteiger partial charge in [-0.15, -0.1) is 0 Å². The largest absolute Gasteiger partial charge is 0.300 e. The summed E-state index contributed by atoms with van der Waals surface area (Å²) in [5.41, 5.74) is 0.447. The summed E-state index contributed by atoms with van der Waals surface area (Å²) < 4.78 is 0. The maximum atomic E-state index is 11.2. The molecule has 1 saturated carbocycles. The SMILES string of the molecule is C[C@@]12CC=CC[C@H]1CC(=O)CC2. The molecule has 0 aromatic carbocycles. The van der Waals surface area contributed by atoms with Gasteiger partial charge in [-0.05, 0) is 30.6 Å². The highest BCUT2D eigenvalue weighted by atomic mass is 16.1. The summed E-state index contributed by atoms with van der Waals surface area (Å²) in [5.74, 6) is 1.12. The molecule has 1 nitrogen and oxygen atoms in total. The number of rotatable bonds is 0. The van der Waals surface area contributed by atoms with E-state index in [9.17, 15) is 4.79 Å². The number of fused-ring (bicyclic) bond motifs is 1. The van der Waals surface area contributed by atoms with E-state index in [0.717, 1.165) is 25.7 Å². The Labute approximate surface area is 73.8 Å². The summed E-state index contributed by atoms with van der Waals surface area (Å²) >= 11 is 0. The van der Waals surface area contributed by atoms with Gasteiger partial charge in [0.25, 0.3) is 0 Å². The van der Waals surface area contributed by atoms with Crippen molar-refractivity contribution in [2.75, 3.05) is 0 Å². The third-order valence-electron chi connectivity index (χ3n) is 3.61. The van der Waals surface area contributed by atoms with Crippen molar-refractivity contribution in [1.82, 2.24) is 0 Å². The number of carbonyl (C=O) groups excluding carboxylic acids is 1. The second kappa shape index (κ2) is 2.72. The van der Waals surface area contributed by atoms with E-state index in [0.29, 0.717) is 17.1 Å². The Balaban J connectivity index is 2.18. The van der Waals surface area contributed by atoms with Gasteiger partial charge in [-0.2, -0.15) is 0 Å². The van der Waals surface area contributed by atoms with Crippen molar-refractivity contribution < 1.29 is 4.79 Å². The van der Waals surface area contributed by atoms with Gasteiger partial charge in [-0.3, -0.25) is 4.79 Å². The van der Waals surface area contributed by atoms with E-state index in [1.165, 1.54) is 6.42 Å². The molecule has 0 spiro atoms. The quantitative estimate of drug-likeness (QED) is 0.503. The van der Waals surface area contributed by atoms with E-state index in [1.807, 2.05) is 0 Å². The molecule has 0 amide bonds. The van der Waals surface area contributed by atoms with Crippen LogP contribution in [-0.4, -0.2) is 5.78 Å². The van der Waals surface area contributed by atoms with Crippen LogP contribution in [0.2, 0.25) is 0 Å². The Morgan fingerprint density at radius 1 is 1.50 bits per heavy atom. The Hall–Kier alpha value is -0.590. The van der Waals surface area contributed by atoms with Crippen LogP contribution in [0.5, 0.6) is 0 Å². The molecule has 0 aromatic heterocycles. The van der Waals surface area contributed by atoms with Crippen molar-refractivity contribution in [1.29, 1.82) is 0 Å². The van der Waals surface area contributed by atoms with Crippen LogP contribution < -0.4 is 0 Å². The lowest BCUT2D eigenvalue weighted by Gasteiger charge is -2.42. The molecular formula is C11H16O. The zero-order valence-corrected chi connectivity index (χ0v) is 7.68. The highest BCUT2D eigenvalue weighted by Gasteiger charge is 2.38. The zero-order valence-electron chi connectivity index (χ0n) is 7.68. The molecule has 0 radical (unpaired) electrons. The Kier molecular flexibility index (Phi) is 1.82. The first kappa shape index (κ1) is 8.03. The topological polar surface area (TPSA) is 17.1 Å². The third-order valence-corrected chi connectivity index (χ3v) is 3.61. The second-order valence-electron chi connectivity index (χ2n) is 4.50. The average Bonchev–Trinajstić information content (AvgIpc) is 2.06. The zero-order chi connectivity index (χ0) is 8.60. The van der Waals surface area contributed by atoms with Crippen molar-refractivity contribution >= 4 is 5.78 Å². The molecule has 2 rings (SSSR count). The fourth-order valence-electron chi connectivity index (χ4n) is 2.50. The molecule has 0 heterocycles. The summed E-state index contributed by atoms with van der Waals surface area (Å²) in [6, 6.07) is 0. The number of allylic oxidation sites excluding steroid dienone is 2. The van der Waals surface area contributed by atoms with Crippen molar-refractivity contribution in [3.63, 3.8) is 0 Å². The van der Waals surface area contributed by atoms with Gasteiger partial charge in [-0.1, -0.05) is 19.1 Å². The van der Waals surface area contributed by atoms with Crippen LogP contribution in [0.15, 0.2) is 12.2 Å². The smallest absolute Gasteiger partial charge is 0.133 e. The highest BCUT2D eigenvalue weighted by molar-refractivity contribution is 5.79. The predicted molar refractivity (Wildman–Crippen MR) is 48.8 cm³/mol. The monoisotopic (exact) mass is 164 g/mol. The first-order valence-electron chi connectivity index (χ1n) is 4.87. The van der Waals surface area contributed by atoms with Crippen molar-refractivity contribution in [2.45, 2.75) is 39.0 Å². The molecule has 0 unspecified atom stereocenters. The standard InChI is InChI=1S/C11H16O/c1-11-6-3-2-4-9(11)8-10(12)5-7-11/h2-3,9H,4-8H2,1H3/t9-,11-/m0/s1. The third kappa shape index (κ3) is 1.21. The molecule has 2 aliphatic carbocycles. The van der Waals surface area contributed by atoms with E-state index in [1.54, 1.807) is 0 Å². The molecule has 0 bridgehead atoms. The number of carbonyl (C=O) groups is 1. The first-order valence-corrected chi connectivity index (χ1v) is 4.87. The second-order valence-corrected chi connectivity index (χ2v) is 4.50. The van der Waals surface area contributed by atoms with Crippen LogP contribution in [0.1, 0.15) is 39.0 Å². The summed E-state index contributed by atoms with van der Waals surface area (Å²) in [6.45, 7) is 2.34. The average molecular weight is 164 g/mol. The van der Waals surface area contributed by atoms with E-state index >= 15 is 0 Å². The maximum absolute atomic E-state index is 11.2. The van der Waals surface area contributed by atoms with Gasteiger partial charge in [0, 0.05) is 12.8 Å². The van der Waals surface area contributed by atoms with E-state index < -0.39 is 0 Å². The molecule has 1 heteroatoms. The van der Waals surface area contributed by atoms with Crippen LogP contribution in [0.3, 0.4) is 0 Å². The van der Waals surface area contributed by atoms with Crippen LogP contribution >= 0.6 is 0 Å². The number of hydrogen-bond acceptors (Lipinski definition) is 1. The molecule has 2 aliphatic rings. The fourth-order valence-corrected chi connectivity index (χ4v) is 2.50. The molecule has 0 aromatic rings. The van der Waals surface area contributed by atoms with E-state index in [4.69, 9.17) is 0 Å². The van der Waals surface area contributed by atoms with Crippen LogP contribution in [0.25, 0.3) is 0 Å². The minimum absolute atomic E-state index is 0.447. The maximum Gasteiger partial charge on any atom is 0.133 e. The lowest BCUT2D eigenvalue weighted by molar-refractivity contribution is -0.124. The molecule has 66 valence electrons. The Morgan fingerprint density at radius 2 is 2.33 bits per heavy atom. The predicted octanol–water partition coefficient (Wildman–Crippen LogP) is 2.71. The molecular weight excluding hydrogens is 148 g/mol. The molecule has 2 atom stereocenters. The van der Waals surface area contributed by atoms with Gasteiger partial charge in [0.05, 0.1) is 0 Å². The highest BCUT2D eigenvalue weighted by Crippen LogP contribution is 2.46. The van der Waals surface area contributed by atoms with Crippen molar-refractivity contribution in [3.8, 4) is 0 Å². The van der Waals surface area contributed by atoms with Gasteiger partial charge in [0.2, 0.25) is 0 Å². The van der Waals surface area contributed by atoms with Gasteiger partial charge in [-0.25, -0.2) is 0 Å². The van der Waals surface area contributed by atoms with Gasteiger partial charge < -0.3 is 0 Å². The summed E-state index contributed by atoms with van der Waals surface area (Å²) in [6.07, 6.45) is 9.60.